The Morgan fingerprint density at radius 2 is 1.81 bits per heavy atom. The normalized spacial score (nSPS) is 23.7. The molecule has 0 unspecified atom stereocenters. The van der Waals surface area contributed by atoms with E-state index in [1.54, 1.807) is 6.92 Å². The van der Waals surface area contributed by atoms with Crippen molar-refractivity contribution < 1.29 is 13.2 Å². The van der Waals surface area contributed by atoms with E-state index in [0.29, 0.717) is 16.3 Å². The van der Waals surface area contributed by atoms with Gasteiger partial charge >= 0.3 is 0 Å². The molecule has 2 aromatic rings. The van der Waals surface area contributed by atoms with Crippen molar-refractivity contribution in [3.05, 3.63) is 41.2 Å². The summed E-state index contributed by atoms with van der Waals surface area (Å²) < 4.78 is 33.1. The Hall–Kier alpha value is -1.86. The third kappa shape index (κ3) is 4.88. The van der Waals surface area contributed by atoms with E-state index in [0.717, 1.165) is 37.9 Å². The third-order valence-electron chi connectivity index (χ3n) is 6.98. The fourth-order valence-corrected chi connectivity index (χ4v) is 7.38. The van der Waals surface area contributed by atoms with Gasteiger partial charge in [-0.2, -0.15) is 5.10 Å². The van der Waals surface area contributed by atoms with E-state index >= 15 is 0 Å². The van der Waals surface area contributed by atoms with Crippen LogP contribution >= 0.6 is 0 Å². The smallest absolute Gasteiger partial charge is 0.195 e. The molecule has 7 heteroatoms. The van der Waals surface area contributed by atoms with Crippen LogP contribution in [0.2, 0.25) is 0 Å². The molecule has 2 saturated heterocycles. The molecule has 0 saturated carbocycles. The summed E-state index contributed by atoms with van der Waals surface area (Å²) in [5.74, 6) is 1.06. The number of sulfone groups is 1. The highest BCUT2D eigenvalue weighted by Gasteiger charge is 2.44. The monoisotopic (exact) mass is 459 g/mol. The number of ether oxygens (including phenoxy) is 1. The number of hydrogen-bond donors (Lipinski definition) is 1. The average molecular weight is 460 g/mol. The topological polar surface area (TPSA) is 75.3 Å². The molecule has 0 spiro atoms. The number of H-pyrrole nitrogens is 1. The lowest BCUT2D eigenvalue weighted by Gasteiger charge is -2.38. The highest BCUT2D eigenvalue weighted by molar-refractivity contribution is 7.91. The summed E-state index contributed by atoms with van der Waals surface area (Å²) >= 11 is 0. The number of piperidine rings is 1. The van der Waals surface area contributed by atoms with E-state index in [1.165, 1.54) is 18.4 Å². The highest BCUT2D eigenvalue weighted by atomic mass is 32.2. The van der Waals surface area contributed by atoms with Crippen molar-refractivity contribution in [1.29, 1.82) is 0 Å². The number of nitrogens with one attached hydrogen (secondary N) is 1. The summed E-state index contributed by atoms with van der Waals surface area (Å²) in [4.78, 5) is 2.60. The van der Waals surface area contributed by atoms with Crippen LogP contribution in [0.15, 0.2) is 29.2 Å². The second-order valence-electron chi connectivity index (χ2n) is 9.82. The maximum absolute atomic E-state index is 13.4. The first kappa shape index (κ1) is 23.3. The van der Waals surface area contributed by atoms with Gasteiger partial charge in [-0.1, -0.05) is 39.3 Å². The first-order valence-electron chi connectivity index (χ1n) is 12.1. The standard InChI is InChI=1S/C25H37N3O3S/c1-5-6-7-19-8-12-22(13-9-19)31-23-14-20-10-11-21(15-23)28(20)16-32(29,30)25-18(4)26-27-24(25)17(2)3/h8-9,12-13,17,20-21,23H,5-7,10-11,14-16H2,1-4H3,(H,26,27)/t20-,21+,23-. The number of aromatic amines is 1. The molecule has 0 aliphatic carbocycles. The minimum Gasteiger partial charge on any atom is -0.490 e. The molecule has 1 aromatic heterocycles. The van der Waals surface area contributed by atoms with E-state index in [9.17, 15) is 8.42 Å². The summed E-state index contributed by atoms with van der Waals surface area (Å²) in [5.41, 5.74) is 2.65. The molecule has 1 aromatic carbocycles. The minimum absolute atomic E-state index is 0.0638. The van der Waals surface area contributed by atoms with Crippen LogP contribution < -0.4 is 4.74 Å². The number of rotatable bonds is 9. The Labute approximate surface area is 192 Å². The van der Waals surface area contributed by atoms with Gasteiger partial charge < -0.3 is 4.74 Å². The molecule has 2 bridgehead atoms. The summed E-state index contributed by atoms with van der Waals surface area (Å²) in [6.45, 7) is 7.98. The second-order valence-corrected chi connectivity index (χ2v) is 11.7. The first-order chi connectivity index (χ1) is 15.3. The summed E-state index contributed by atoms with van der Waals surface area (Å²) in [6.07, 6.45) is 7.51. The van der Waals surface area contributed by atoms with Gasteiger partial charge in [-0.05, 0) is 69.1 Å². The molecule has 2 fully saturated rings. The van der Waals surface area contributed by atoms with E-state index in [-0.39, 0.29) is 30.0 Å². The number of unbranched alkanes of at least 4 members (excludes halogenated alkanes) is 1. The van der Waals surface area contributed by atoms with Gasteiger partial charge in [0.15, 0.2) is 9.84 Å². The number of nitrogens with zero attached hydrogens (tertiary/aromatic N) is 2. The Balaban J connectivity index is 1.41. The minimum atomic E-state index is -3.45. The quantitative estimate of drug-likeness (QED) is 0.572. The van der Waals surface area contributed by atoms with Crippen molar-refractivity contribution in [3.8, 4) is 5.75 Å². The molecule has 3 heterocycles. The number of benzene rings is 1. The lowest BCUT2D eigenvalue weighted by atomic mass is 10.0. The van der Waals surface area contributed by atoms with Gasteiger partial charge in [0.1, 0.15) is 22.6 Å². The van der Waals surface area contributed by atoms with Crippen molar-refractivity contribution in [1.82, 2.24) is 15.1 Å². The Morgan fingerprint density at radius 1 is 1.16 bits per heavy atom. The second kappa shape index (κ2) is 9.56. The predicted molar refractivity (Wildman–Crippen MR) is 127 cm³/mol. The van der Waals surface area contributed by atoms with Crippen LogP contribution in [-0.2, 0) is 16.3 Å². The van der Waals surface area contributed by atoms with Gasteiger partial charge in [0.05, 0.1) is 11.4 Å². The number of hydrogen-bond acceptors (Lipinski definition) is 5. The van der Waals surface area contributed by atoms with E-state index < -0.39 is 9.84 Å². The number of aromatic nitrogens is 2. The molecular formula is C25H37N3O3S. The fourth-order valence-electron chi connectivity index (χ4n) is 5.32. The maximum atomic E-state index is 13.4. The van der Waals surface area contributed by atoms with Crippen LogP contribution in [0.25, 0.3) is 0 Å². The van der Waals surface area contributed by atoms with Gasteiger partial charge in [0.25, 0.3) is 0 Å². The van der Waals surface area contributed by atoms with Gasteiger partial charge in [0.2, 0.25) is 0 Å². The van der Waals surface area contributed by atoms with Crippen molar-refractivity contribution in [2.24, 2.45) is 0 Å². The van der Waals surface area contributed by atoms with E-state index in [2.05, 4.69) is 46.3 Å². The summed E-state index contributed by atoms with van der Waals surface area (Å²) in [7, 11) is -3.45. The van der Waals surface area contributed by atoms with Crippen LogP contribution in [0.5, 0.6) is 5.75 Å². The average Bonchev–Trinajstić information content (AvgIpc) is 3.24. The van der Waals surface area contributed by atoms with Crippen LogP contribution in [0, 0.1) is 6.92 Å². The SMILES string of the molecule is CCCCc1ccc(O[C@@H]2C[C@H]3CC[C@@H](C2)N3CS(=O)(=O)c2c(C(C)C)n[nH]c2C)cc1. The highest BCUT2D eigenvalue weighted by Crippen LogP contribution is 2.39. The Kier molecular flexibility index (Phi) is 6.96. The number of aryl methyl sites for hydroxylation is 2. The zero-order valence-corrected chi connectivity index (χ0v) is 20.6. The molecule has 32 heavy (non-hydrogen) atoms. The van der Waals surface area contributed by atoms with Crippen molar-refractivity contribution in [3.63, 3.8) is 0 Å². The molecule has 0 radical (unpaired) electrons. The predicted octanol–water partition coefficient (Wildman–Crippen LogP) is 4.99. The van der Waals surface area contributed by atoms with Gasteiger partial charge in [-0.3, -0.25) is 10.00 Å². The molecule has 3 atom stereocenters. The summed E-state index contributed by atoms with van der Waals surface area (Å²) in [5, 5.41) is 7.15. The lowest BCUT2D eigenvalue weighted by molar-refractivity contribution is 0.0609. The van der Waals surface area contributed by atoms with Gasteiger partial charge in [-0.25, -0.2) is 8.42 Å². The zero-order valence-electron chi connectivity index (χ0n) is 19.8. The molecule has 1 N–H and O–H groups in total. The third-order valence-corrected chi connectivity index (χ3v) is 8.76. The molecule has 4 rings (SSSR count). The van der Waals surface area contributed by atoms with Crippen molar-refractivity contribution in [2.45, 2.75) is 102 Å². The van der Waals surface area contributed by atoms with Crippen molar-refractivity contribution in [2.75, 3.05) is 5.88 Å². The van der Waals surface area contributed by atoms with Crippen LogP contribution in [0.3, 0.4) is 0 Å². The number of fused-ring (bicyclic) bond motifs is 2. The Morgan fingerprint density at radius 3 is 2.41 bits per heavy atom. The van der Waals surface area contributed by atoms with Crippen LogP contribution in [0.4, 0.5) is 0 Å². The largest absolute Gasteiger partial charge is 0.490 e. The zero-order chi connectivity index (χ0) is 22.9. The van der Waals surface area contributed by atoms with Crippen LogP contribution in [-0.4, -0.2) is 47.6 Å². The van der Waals surface area contributed by atoms with E-state index in [4.69, 9.17) is 4.74 Å². The molecular weight excluding hydrogens is 422 g/mol. The maximum Gasteiger partial charge on any atom is 0.195 e. The van der Waals surface area contributed by atoms with E-state index in [1.807, 2.05) is 13.8 Å². The fraction of sp³-hybridized carbons (Fsp3) is 0.640. The molecule has 176 valence electrons. The summed E-state index contributed by atoms with van der Waals surface area (Å²) in [6, 6.07) is 9.01. The Bertz CT molecular complexity index is 1000. The van der Waals surface area contributed by atoms with Crippen LogP contribution in [0.1, 0.15) is 82.2 Å². The van der Waals surface area contributed by atoms with Crippen molar-refractivity contribution >= 4 is 9.84 Å². The molecule has 6 nitrogen and oxygen atoms in total. The first-order valence-corrected chi connectivity index (χ1v) is 13.7. The molecule has 2 aliphatic rings. The molecule has 0 amide bonds. The lowest BCUT2D eigenvalue weighted by Crippen LogP contribution is -2.48. The molecule has 2 aliphatic heterocycles. The van der Waals surface area contributed by atoms with Gasteiger partial charge in [0, 0.05) is 12.1 Å². The van der Waals surface area contributed by atoms with Gasteiger partial charge in [-0.15, -0.1) is 0 Å².